The fraction of sp³-hybridized carbons (Fsp3) is 0.211. The van der Waals surface area contributed by atoms with Gasteiger partial charge in [-0.05, 0) is 53.7 Å². The molecule has 3 aromatic rings. The quantitative estimate of drug-likeness (QED) is 0.594. The SMILES string of the molecule is CCOC(=O)COc1ccc(-c2nnnn2CC(=O)Nc2ccccc2)cc1. The first-order valence-corrected chi connectivity index (χ1v) is 8.65. The highest BCUT2D eigenvalue weighted by molar-refractivity contribution is 5.90. The molecule has 9 heteroatoms. The van der Waals surface area contributed by atoms with Crippen LogP contribution in [-0.2, 0) is 20.9 Å². The van der Waals surface area contributed by atoms with Crippen LogP contribution >= 0.6 is 0 Å². The van der Waals surface area contributed by atoms with Gasteiger partial charge in [-0.25, -0.2) is 9.48 Å². The van der Waals surface area contributed by atoms with E-state index in [1.807, 2.05) is 18.2 Å². The number of benzene rings is 2. The smallest absolute Gasteiger partial charge is 0.344 e. The molecule has 9 nitrogen and oxygen atoms in total. The highest BCUT2D eigenvalue weighted by Crippen LogP contribution is 2.20. The molecule has 1 aromatic heterocycles. The average molecular weight is 381 g/mol. The molecule has 0 unspecified atom stereocenters. The number of carbonyl (C=O) groups excluding carboxylic acids is 2. The number of ether oxygens (including phenoxy) is 2. The first-order chi connectivity index (χ1) is 13.7. The molecular formula is C19H19N5O4. The second kappa shape index (κ2) is 9.26. The second-order valence-corrected chi connectivity index (χ2v) is 5.69. The molecule has 0 spiro atoms. The van der Waals surface area contributed by atoms with Crippen LogP contribution in [0, 0.1) is 0 Å². The Morgan fingerprint density at radius 2 is 1.82 bits per heavy atom. The molecule has 0 atom stereocenters. The molecule has 0 fully saturated rings. The van der Waals surface area contributed by atoms with Crippen molar-refractivity contribution in [2.45, 2.75) is 13.5 Å². The number of nitrogens with one attached hydrogen (secondary N) is 1. The van der Waals surface area contributed by atoms with E-state index < -0.39 is 5.97 Å². The number of amides is 1. The number of carbonyl (C=O) groups is 2. The number of tetrazole rings is 1. The lowest BCUT2D eigenvalue weighted by Crippen LogP contribution is -2.20. The van der Waals surface area contributed by atoms with E-state index in [0.717, 1.165) is 0 Å². The second-order valence-electron chi connectivity index (χ2n) is 5.69. The number of para-hydroxylation sites is 1. The van der Waals surface area contributed by atoms with Crippen LogP contribution in [0.1, 0.15) is 6.92 Å². The number of anilines is 1. The van der Waals surface area contributed by atoms with Crippen LogP contribution in [0.2, 0.25) is 0 Å². The van der Waals surface area contributed by atoms with Crippen LogP contribution in [-0.4, -0.2) is 45.3 Å². The van der Waals surface area contributed by atoms with Gasteiger partial charge in [-0.15, -0.1) is 5.10 Å². The average Bonchev–Trinajstić information content (AvgIpc) is 3.15. The van der Waals surface area contributed by atoms with Gasteiger partial charge in [0, 0.05) is 11.3 Å². The van der Waals surface area contributed by atoms with Gasteiger partial charge in [0.05, 0.1) is 6.61 Å². The number of hydrogen-bond donors (Lipinski definition) is 1. The van der Waals surface area contributed by atoms with Crippen LogP contribution in [0.15, 0.2) is 54.6 Å². The third kappa shape index (κ3) is 5.13. The summed E-state index contributed by atoms with van der Waals surface area (Å²) >= 11 is 0. The zero-order valence-corrected chi connectivity index (χ0v) is 15.2. The first kappa shape index (κ1) is 19.0. The lowest BCUT2D eigenvalue weighted by Gasteiger charge is -2.08. The van der Waals surface area contributed by atoms with Crippen LogP contribution < -0.4 is 10.1 Å². The predicted molar refractivity (Wildman–Crippen MR) is 100 cm³/mol. The standard InChI is InChI=1S/C19H19N5O4/c1-2-27-18(26)13-28-16-10-8-14(9-11-16)19-21-22-23-24(19)12-17(25)20-15-6-4-3-5-7-15/h3-11H,2,12-13H2,1H3,(H,20,25). The molecule has 3 rings (SSSR count). The summed E-state index contributed by atoms with van der Waals surface area (Å²) in [4.78, 5) is 23.6. The van der Waals surface area contributed by atoms with Crippen LogP contribution in [0.5, 0.6) is 5.75 Å². The molecule has 0 radical (unpaired) electrons. The largest absolute Gasteiger partial charge is 0.482 e. The summed E-state index contributed by atoms with van der Waals surface area (Å²) in [6.45, 7) is 1.85. The minimum atomic E-state index is -0.431. The Morgan fingerprint density at radius 1 is 1.07 bits per heavy atom. The number of esters is 1. The molecule has 2 aromatic carbocycles. The van der Waals surface area contributed by atoms with Crippen molar-refractivity contribution in [2.24, 2.45) is 0 Å². The zero-order valence-electron chi connectivity index (χ0n) is 15.2. The number of rotatable bonds is 8. The predicted octanol–water partition coefficient (Wildman–Crippen LogP) is 1.92. The molecule has 1 amide bonds. The molecule has 144 valence electrons. The highest BCUT2D eigenvalue weighted by atomic mass is 16.6. The van der Waals surface area contributed by atoms with Gasteiger partial charge in [0.15, 0.2) is 12.4 Å². The van der Waals surface area contributed by atoms with Gasteiger partial charge >= 0.3 is 5.97 Å². The zero-order chi connectivity index (χ0) is 19.8. The maximum atomic E-state index is 12.2. The van der Waals surface area contributed by atoms with E-state index in [0.29, 0.717) is 29.4 Å². The molecule has 1 heterocycles. The van der Waals surface area contributed by atoms with Gasteiger partial charge in [0.2, 0.25) is 5.91 Å². The van der Waals surface area contributed by atoms with Crippen molar-refractivity contribution >= 4 is 17.6 Å². The minimum Gasteiger partial charge on any atom is -0.482 e. The van der Waals surface area contributed by atoms with Crippen molar-refractivity contribution in [3.63, 3.8) is 0 Å². The Balaban J connectivity index is 1.62. The molecule has 0 saturated heterocycles. The third-order valence-electron chi connectivity index (χ3n) is 3.66. The van der Waals surface area contributed by atoms with E-state index in [1.165, 1.54) is 4.68 Å². The van der Waals surface area contributed by atoms with Gasteiger partial charge in [-0.1, -0.05) is 18.2 Å². The molecule has 0 bridgehead atoms. The van der Waals surface area contributed by atoms with Gasteiger partial charge in [0.1, 0.15) is 12.3 Å². The van der Waals surface area contributed by atoms with Crippen molar-refractivity contribution in [3.05, 3.63) is 54.6 Å². The van der Waals surface area contributed by atoms with E-state index in [4.69, 9.17) is 9.47 Å². The lowest BCUT2D eigenvalue weighted by atomic mass is 10.2. The lowest BCUT2D eigenvalue weighted by molar-refractivity contribution is -0.145. The summed E-state index contributed by atoms with van der Waals surface area (Å²) in [5.41, 5.74) is 1.41. The van der Waals surface area contributed by atoms with Crippen molar-refractivity contribution in [3.8, 4) is 17.1 Å². The van der Waals surface area contributed by atoms with E-state index in [1.54, 1.807) is 43.3 Å². The third-order valence-corrected chi connectivity index (χ3v) is 3.66. The summed E-state index contributed by atoms with van der Waals surface area (Å²) in [6, 6.07) is 16.0. The minimum absolute atomic E-state index is 0.0294. The maximum absolute atomic E-state index is 12.2. The maximum Gasteiger partial charge on any atom is 0.344 e. The van der Waals surface area contributed by atoms with Crippen molar-refractivity contribution in [1.82, 2.24) is 20.2 Å². The van der Waals surface area contributed by atoms with E-state index in [-0.39, 0.29) is 19.1 Å². The highest BCUT2D eigenvalue weighted by Gasteiger charge is 2.13. The van der Waals surface area contributed by atoms with Crippen molar-refractivity contribution < 1.29 is 19.1 Å². The summed E-state index contributed by atoms with van der Waals surface area (Å²) in [7, 11) is 0. The summed E-state index contributed by atoms with van der Waals surface area (Å²) in [5.74, 6) is 0.284. The van der Waals surface area contributed by atoms with E-state index in [9.17, 15) is 9.59 Å². The van der Waals surface area contributed by atoms with Crippen LogP contribution in [0.25, 0.3) is 11.4 Å². The molecule has 1 N–H and O–H groups in total. The van der Waals surface area contributed by atoms with Crippen LogP contribution in [0.4, 0.5) is 5.69 Å². The monoisotopic (exact) mass is 381 g/mol. The van der Waals surface area contributed by atoms with Gasteiger partial charge in [0.25, 0.3) is 0 Å². The Hall–Kier alpha value is -3.75. The van der Waals surface area contributed by atoms with Gasteiger partial charge < -0.3 is 14.8 Å². The summed E-state index contributed by atoms with van der Waals surface area (Å²) in [6.07, 6.45) is 0. The molecule has 0 saturated carbocycles. The Morgan fingerprint density at radius 3 is 2.54 bits per heavy atom. The molecule has 0 aliphatic rings. The Labute approximate surface area is 161 Å². The topological polar surface area (TPSA) is 108 Å². The molecule has 0 aliphatic heterocycles. The van der Waals surface area contributed by atoms with Crippen LogP contribution in [0.3, 0.4) is 0 Å². The molecular weight excluding hydrogens is 362 g/mol. The number of nitrogens with zero attached hydrogens (tertiary/aromatic N) is 4. The van der Waals surface area contributed by atoms with Gasteiger partial charge in [-0.2, -0.15) is 0 Å². The fourth-order valence-electron chi connectivity index (χ4n) is 2.42. The van der Waals surface area contributed by atoms with E-state index in [2.05, 4.69) is 20.8 Å². The van der Waals surface area contributed by atoms with E-state index >= 15 is 0 Å². The molecule has 0 aliphatic carbocycles. The number of hydrogen-bond acceptors (Lipinski definition) is 7. The Kier molecular flexibility index (Phi) is 6.29. The Bertz CT molecular complexity index is 925. The summed E-state index contributed by atoms with van der Waals surface area (Å²) in [5, 5.41) is 14.3. The normalized spacial score (nSPS) is 10.3. The first-order valence-electron chi connectivity index (χ1n) is 8.65. The van der Waals surface area contributed by atoms with Crippen molar-refractivity contribution in [1.29, 1.82) is 0 Å². The van der Waals surface area contributed by atoms with Gasteiger partial charge in [-0.3, -0.25) is 4.79 Å². The van der Waals surface area contributed by atoms with Crippen molar-refractivity contribution in [2.75, 3.05) is 18.5 Å². The molecule has 28 heavy (non-hydrogen) atoms. The summed E-state index contributed by atoms with van der Waals surface area (Å²) < 4.78 is 11.6. The number of aromatic nitrogens is 4. The fourth-order valence-corrected chi connectivity index (χ4v) is 2.42.